The number of hydrogen-bond acceptors (Lipinski definition) is 7. The van der Waals surface area contributed by atoms with Crippen molar-refractivity contribution < 1.29 is 35.8 Å². The highest BCUT2D eigenvalue weighted by Gasteiger charge is 2.18. The monoisotopic (exact) mass is 708 g/mol. The number of benzene rings is 6. The van der Waals surface area contributed by atoms with Gasteiger partial charge in [0.25, 0.3) is 27.8 Å². The number of carbonyl (C=O) groups excluding carboxylic acids is 3. The quantitative estimate of drug-likeness (QED) is 0.119. The Bertz CT molecular complexity index is 2440. The van der Waals surface area contributed by atoms with Crippen LogP contribution >= 0.6 is 0 Å². The van der Waals surface area contributed by atoms with Gasteiger partial charge in [-0.3, -0.25) is 18.9 Å². The predicted octanol–water partition coefficient (Wildman–Crippen LogP) is 5.95. The van der Waals surface area contributed by atoms with Crippen LogP contribution in [0.4, 0.5) is 17.1 Å². The van der Waals surface area contributed by atoms with Crippen LogP contribution in [0.3, 0.4) is 0 Å². The maximum absolute atomic E-state index is 13.7. The lowest BCUT2D eigenvalue weighted by atomic mass is 10.0. The number of primary sulfonamides is 1. The van der Waals surface area contributed by atoms with Gasteiger partial charge in [-0.05, 0) is 84.4 Å². The molecule has 6 aromatic rings. The van der Waals surface area contributed by atoms with Crippen molar-refractivity contribution in [2.24, 2.45) is 5.14 Å². The van der Waals surface area contributed by atoms with E-state index in [4.69, 9.17) is 5.14 Å². The fourth-order valence-corrected chi connectivity index (χ4v) is 6.40. The van der Waals surface area contributed by atoms with E-state index in [1.54, 1.807) is 60.7 Å². The van der Waals surface area contributed by atoms with E-state index in [1.165, 1.54) is 54.6 Å². The number of sulfonamides is 1. The average molecular weight is 709 g/mol. The number of carbonyl (C=O) groups is 3. The molecule has 0 heterocycles. The van der Waals surface area contributed by atoms with Crippen LogP contribution in [0, 0.1) is 6.92 Å². The number of aryl methyl sites for hydroxylation is 1. The first kappa shape index (κ1) is 34.0. The summed E-state index contributed by atoms with van der Waals surface area (Å²) in [6, 6.07) is 28.9. The third-order valence-corrected chi connectivity index (χ3v) is 9.62. The SMILES string of the molecule is Cc1ccc(C(=O)Nc2cc(C(=O)Nc3cccc4cc(S(N)(=O)=O)ccc34)cc(C(=O)Nc3cccc4cc(S(=O)(=O)O)ccc34)c2)cc1. The van der Waals surface area contributed by atoms with E-state index >= 15 is 0 Å². The highest BCUT2D eigenvalue weighted by atomic mass is 32.2. The molecule has 0 saturated carbocycles. The molecule has 0 aliphatic carbocycles. The van der Waals surface area contributed by atoms with Crippen molar-refractivity contribution in [1.82, 2.24) is 0 Å². The Labute approximate surface area is 286 Å². The average Bonchev–Trinajstić information content (AvgIpc) is 3.07. The summed E-state index contributed by atoms with van der Waals surface area (Å²) in [6.07, 6.45) is 0. The Morgan fingerprint density at radius 3 is 1.54 bits per heavy atom. The molecule has 6 rings (SSSR count). The number of amides is 3. The summed E-state index contributed by atoms with van der Waals surface area (Å²) >= 11 is 0. The lowest BCUT2D eigenvalue weighted by Gasteiger charge is -2.14. The van der Waals surface area contributed by atoms with Crippen LogP contribution < -0.4 is 21.1 Å². The molecule has 0 saturated heterocycles. The van der Waals surface area contributed by atoms with E-state index in [1.807, 2.05) is 6.92 Å². The van der Waals surface area contributed by atoms with Crippen molar-refractivity contribution in [3.8, 4) is 0 Å². The third kappa shape index (κ3) is 7.38. The van der Waals surface area contributed by atoms with Gasteiger partial charge >= 0.3 is 0 Å². The van der Waals surface area contributed by atoms with E-state index < -0.39 is 37.9 Å². The molecule has 0 spiro atoms. The Morgan fingerprint density at radius 1 is 0.560 bits per heavy atom. The van der Waals surface area contributed by atoms with Crippen LogP contribution in [-0.4, -0.2) is 39.1 Å². The minimum atomic E-state index is -4.45. The minimum absolute atomic E-state index is 0.0131. The summed E-state index contributed by atoms with van der Waals surface area (Å²) in [7, 11) is -8.41. The third-order valence-electron chi connectivity index (χ3n) is 7.86. The minimum Gasteiger partial charge on any atom is -0.322 e. The van der Waals surface area contributed by atoms with Crippen molar-refractivity contribution >= 4 is 76.5 Å². The van der Waals surface area contributed by atoms with Crippen LogP contribution in [0.2, 0.25) is 0 Å². The van der Waals surface area contributed by atoms with Gasteiger partial charge in [-0.25, -0.2) is 13.6 Å². The van der Waals surface area contributed by atoms with Gasteiger partial charge in [0.2, 0.25) is 10.0 Å². The zero-order chi connectivity index (χ0) is 35.8. The number of hydrogen-bond donors (Lipinski definition) is 5. The molecular formula is C36H28N4O8S2. The second kappa shape index (κ2) is 13.2. The van der Waals surface area contributed by atoms with E-state index in [0.717, 1.165) is 5.56 Å². The highest BCUT2D eigenvalue weighted by Crippen LogP contribution is 2.29. The molecule has 0 fully saturated rings. The molecule has 0 bridgehead atoms. The fraction of sp³-hybridized carbons (Fsp3) is 0.0278. The maximum Gasteiger partial charge on any atom is 0.294 e. The predicted molar refractivity (Wildman–Crippen MR) is 191 cm³/mol. The second-order valence-electron chi connectivity index (χ2n) is 11.4. The zero-order valence-corrected chi connectivity index (χ0v) is 27.8. The smallest absolute Gasteiger partial charge is 0.294 e. The van der Waals surface area contributed by atoms with Gasteiger partial charge in [0.15, 0.2) is 0 Å². The van der Waals surface area contributed by atoms with Gasteiger partial charge in [-0.2, -0.15) is 8.42 Å². The van der Waals surface area contributed by atoms with Crippen LogP contribution in [-0.2, 0) is 20.1 Å². The molecule has 0 aliphatic heterocycles. The summed E-state index contributed by atoms with van der Waals surface area (Å²) < 4.78 is 56.5. The molecule has 6 aromatic carbocycles. The van der Waals surface area contributed by atoms with Gasteiger partial charge < -0.3 is 16.0 Å². The second-order valence-corrected chi connectivity index (χ2v) is 14.4. The first-order valence-corrected chi connectivity index (χ1v) is 17.9. The topological polar surface area (TPSA) is 202 Å². The molecular weight excluding hydrogens is 681 g/mol. The summed E-state index contributed by atoms with van der Waals surface area (Å²) in [6.45, 7) is 1.88. The number of anilines is 3. The number of nitrogens with one attached hydrogen (secondary N) is 3. The number of nitrogens with two attached hydrogens (primary N) is 1. The molecule has 0 radical (unpaired) electrons. The van der Waals surface area contributed by atoms with Gasteiger partial charge in [-0.15, -0.1) is 0 Å². The van der Waals surface area contributed by atoms with Crippen molar-refractivity contribution in [3.63, 3.8) is 0 Å². The lowest BCUT2D eigenvalue weighted by Crippen LogP contribution is -2.18. The largest absolute Gasteiger partial charge is 0.322 e. The molecule has 0 aliphatic rings. The van der Waals surface area contributed by atoms with Crippen LogP contribution in [0.5, 0.6) is 0 Å². The molecule has 6 N–H and O–H groups in total. The molecule has 252 valence electrons. The Kier molecular flexibility index (Phi) is 8.95. The van der Waals surface area contributed by atoms with Crippen LogP contribution in [0.1, 0.15) is 36.6 Å². The normalized spacial score (nSPS) is 11.7. The van der Waals surface area contributed by atoms with Gasteiger partial charge in [0.1, 0.15) is 0 Å². The molecule has 14 heteroatoms. The summed E-state index contributed by atoms with van der Waals surface area (Å²) in [5, 5.41) is 15.6. The molecule has 3 amide bonds. The molecule has 50 heavy (non-hydrogen) atoms. The van der Waals surface area contributed by atoms with E-state index in [0.29, 0.717) is 38.5 Å². The van der Waals surface area contributed by atoms with Crippen LogP contribution in [0.15, 0.2) is 125 Å². The van der Waals surface area contributed by atoms with Crippen molar-refractivity contribution in [2.45, 2.75) is 16.7 Å². The number of rotatable bonds is 8. The summed E-state index contributed by atoms with van der Waals surface area (Å²) in [4.78, 5) is 40.1. The summed E-state index contributed by atoms with van der Waals surface area (Å²) in [5.41, 5.74) is 2.17. The Balaban J connectivity index is 1.36. The molecule has 12 nitrogen and oxygen atoms in total. The van der Waals surface area contributed by atoms with Gasteiger partial charge in [-0.1, -0.05) is 54.1 Å². The van der Waals surface area contributed by atoms with Crippen molar-refractivity contribution in [1.29, 1.82) is 0 Å². The fourth-order valence-electron chi connectivity index (χ4n) is 5.34. The van der Waals surface area contributed by atoms with E-state index in [-0.39, 0.29) is 26.6 Å². The maximum atomic E-state index is 13.7. The van der Waals surface area contributed by atoms with Gasteiger partial charge in [0, 0.05) is 44.5 Å². The Morgan fingerprint density at radius 2 is 1.04 bits per heavy atom. The standard InChI is InChI=1S/C36H28N4O8S2/c1-21-8-10-22(11-9-21)34(41)38-27-17-25(35(42)39-32-6-2-4-23-19-28(49(37,44)45)12-14-30(23)32)16-26(18-27)36(43)40-33-7-3-5-24-20-29(50(46,47)48)13-15-31(24)33/h2-20H,1H3,(H,38,41)(H,39,42)(H,40,43)(H2,37,44,45)(H,46,47,48). The molecule has 0 unspecified atom stereocenters. The van der Waals surface area contributed by atoms with E-state index in [9.17, 15) is 35.8 Å². The van der Waals surface area contributed by atoms with E-state index in [2.05, 4.69) is 16.0 Å². The summed E-state index contributed by atoms with van der Waals surface area (Å²) in [5.74, 6) is -1.74. The van der Waals surface area contributed by atoms with Crippen LogP contribution in [0.25, 0.3) is 21.5 Å². The Hall–Kier alpha value is -5.93. The first-order chi connectivity index (χ1) is 23.7. The zero-order valence-electron chi connectivity index (χ0n) is 26.2. The first-order valence-electron chi connectivity index (χ1n) is 14.9. The molecule has 0 atom stereocenters. The number of fused-ring (bicyclic) bond motifs is 2. The van der Waals surface area contributed by atoms with Crippen molar-refractivity contribution in [3.05, 3.63) is 138 Å². The lowest BCUT2D eigenvalue weighted by molar-refractivity contribution is 0.101. The van der Waals surface area contributed by atoms with Gasteiger partial charge in [0.05, 0.1) is 9.79 Å². The van der Waals surface area contributed by atoms with Crippen molar-refractivity contribution in [2.75, 3.05) is 16.0 Å². The highest BCUT2D eigenvalue weighted by molar-refractivity contribution is 7.89. The molecule has 0 aromatic heterocycles.